The molecule has 1 aliphatic heterocycles. The van der Waals surface area contributed by atoms with E-state index in [4.69, 9.17) is 9.47 Å². The number of nitrogens with zero attached hydrogens (tertiary/aromatic N) is 2. The molecule has 1 N–H and O–H groups in total. The highest BCUT2D eigenvalue weighted by Gasteiger charge is 2.38. The van der Waals surface area contributed by atoms with Crippen LogP contribution in [-0.4, -0.2) is 73.9 Å². The maximum absolute atomic E-state index is 12.2. The van der Waals surface area contributed by atoms with Crippen molar-refractivity contribution in [1.29, 1.82) is 0 Å². The lowest BCUT2D eigenvalue weighted by Gasteiger charge is -2.26. The second-order valence-electron chi connectivity index (χ2n) is 5.99. The van der Waals surface area contributed by atoms with E-state index in [1.165, 1.54) is 0 Å². The van der Waals surface area contributed by atoms with Crippen LogP contribution in [0, 0.1) is 0 Å². The second kappa shape index (κ2) is 6.98. The van der Waals surface area contributed by atoms with Gasteiger partial charge in [0.15, 0.2) is 6.61 Å². The number of likely N-dealkylation sites (tertiary alicyclic amines) is 1. The Balaban J connectivity index is 1.82. The normalized spacial score (nSPS) is 21.2. The molecule has 0 saturated carbocycles. The van der Waals surface area contributed by atoms with E-state index in [1.54, 1.807) is 36.3 Å². The van der Waals surface area contributed by atoms with E-state index in [0.29, 0.717) is 31.8 Å². The van der Waals surface area contributed by atoms with E-state index in [1.807, 2.05) is 19.0 Å². The van der Waals surface area contributed by atoms with Crippen molar-refractivity contribution >= 4 is 5.91 Å². The maximum atomic E-state index is 12.2. The van der Waals surface area contributed by atoms with Gasteiger partial charge in [0, 0.05) is 13.1 Å². The van der Waals surface area contributed by atoms with Crippen LogP contribution in [0.4, 0.5) is 0 Å². The molecule has 0 spiro atoms. The smallest absolute Gasteiger partial charge is 0.260 e. The van der Waals surface area contributed by atoms with E-state index in [0.717, 1.165) is 5.75 Å². The predicted octanol–water partition coefficient (Wildman–Crippen LogP) is 0.599. The standard InChI is InChI=1S/C16H24N2O4/c1-17(2)11-16(20)8-9-18(12-16)15(19)10-22-14-6-4-13(21-3)5-7-14/h4-7,20H,8-12H2,1-3H3/t16-/m0/s1. The summed E-state index contributed by atoms with van der Waals surface area (Å²) in [6.07, 6.45) is 0.597. The number of carbonyl (C=O) groups is 1. The Morgan fingerprint density at radius 1 is 1.32 bits per heavy atom. The number of aliphatic hydroxyl groups is 1. The van der Waals surface area contributed by atoms with E-state index in [2.05, 4.69) is 0 Å². The van der Waals surface area contributed by atoms with Gasteiger partial charge in [-0.15, -0.1) is 0 Å². The molecule has 6 nitrogen and oxygen atoms in total. The molecule has 6 heteroatoms. The number of likely N-dealkylation sites (N-methyl/N-ethyl adjacent to an activating group) is 1. The Hall–Kier alpha value is -1.79. The Morgan fingerprint density at radius 3 is 2.55 bits per heavy atom. The van der Waals surface area contributed by atoms with Crippen LogP contribution in [0.2, 0.25) is 0 Å². The molecule has 0 aromatic heterocycles. The summed E-state index contributed by atoms with van der Waals surface area (Å²) in [6.45, 7) is 1.45. The molecule has 122 valence electrons. The highest BCUT2D eigenvalue weighted by molar-refractivity contribution is 5.78. The van der Waals surface area contributed by atoms with Gasteiger partial charge < -0.3 is 24.4 Å². The fraction of sp³-hybridized carbons (Fsp3) is 0.562. The van der Waals surface area contributed by atoms with E-state index < -0.39 is 5.60 Å². The van der Waals surface area contributed by atoms with Gasteiger partial charge in [0.1, 0.15) is 11.5 Å². The van der Waals surface area contributed by atoms with Crippen molar-refractivity contribution in [2.24, 2.45) is 0 Å². The number of amides is 1. The Morgan fingerprint density at radius 2 is 1.95 bits per heavy atom. The van der Waals surface area contributed by atoms with Gasteiger partial charge in [-0.1, -0.05) is 0 Å². The number of hydrogen-bond acceptors (Lipinski definition) is 5. The van der Waals surface area contributed by atoms with Crippen LogP contribution in [0.25, 0.3) is 0 Å². The molecule has 1 aliphatic rings. The number of methoxy groups -OCH3 is 1. The molecule has 2 rings (SSSR count). The third-order valence-corrected chi connectivity index (χ3v) is 3.72. The molecule has 22 heavy (non-hydrogen) atoms. The van der Waals surface area contributed by atoms with Crippen LogP contribution >= 0.6 is 0 Å². The molecule has 1 atom stereocenters. The first-order valence-electron chi connectivity index (χ1n) is 7.34. The molecule has 1 aromatic carbocycles. The average Bonchev–Trinajstić information content (AvgIpc) is 2.86. The van der Waals surface area contributed by atoms with Gasteiger partial charge in [0.25, 0.3) is 5.91 Å². The zero-order valence-electron chi connectivity index (χ0n) is 13.4. The summed E-state index contributed by atoms with van der Waals surface area (Å²) < 4.78 is 10.6. The first-order valence-corrected chi connectivity index (χ1v) is 7.34. The van der Waals surface area contributed by atoms with Crippen LogP contribution in [0.1, 0.15) is 6.42 Å². The number of ether oxygens (including phenoxy) is 2. The van der Waals surface area contributed by atoms with Crippen molar-refractivity contribution in [2.45, 2.75) is 12.0 Å². The average molecular weight is 308 g/mol. The number of β-amino-alcohol motifs (C(OH)–C–C–N with tert-alkyl or cyclic N) is 1. The lowest BCUT2D eigenvalue weighted by atomic mass is 10.0. The van der Waals surface area contributed by atoms with Gasteiger partial charge in [0.05, 0.1) is 19.3 Å². The SMILES string of the molecule is COc1ccc(OCC(=O)N2CC[C@](O)(CN(C)C)C2)cc1. The summed E-state index contributed by atoms with van der Waals surface area (Å²) in [4.78, 5) is 15.8. The third kappa shape index (κ3) is 4.35. The Bertz CT molecular complexity index is 503. The zero-order chi connectivity index (χ0) is 16.2. The van der Waals surface area contributed by atoms with Crippen molar-refractivity contribution in [1.82, 2.24) is 9.80 Å². The van der Waals surface area contributed by atoms with Gasteiger partial charge in [0.2, 0.25) is 0 Å². The zero-order valence-corrected chi connectivity index (χ0v) is 13.4. The molecule has 1 aromatic rings. The highest BCUT2D eigenvalue weighted by Crippen LogP contribution is 2.22. The molecule has 1 heterocycles. The van der Waals surface area contributed by atoms with Crippen LogP contribution < -0.4 is 9.47 Å². The van der Waals surface area contributed by atoms with E-state index >= 15 is 0 Å². The topological polar surface area (TPSA) is 62.2 Å². The van der Waals surface area contributed by atoms with Crippen LogP contribution in [0.5, 0.6) is 11.5 Å². The predicted molar refractivity (Wildman–Crippen MR) is 83.2 cm³/mol. The first kappa shape index (κ1) is 16.6. The fourth-order valence-electron chi connectivity index (χ4n) is 2.70. The summed E-state index contributed by atoms with van der Waals surface area (Å²) in [5, 5.41) is 10.4. The highest BCUT2D eigenvalue weighted by atomic mass is 16.5. The molecular formula is C16H24N2O4. The number of hydrogen-bond donors (Lipinski definition) is 1. The lowest BCUT2D eigenvalue weighted by Crippen LogP contribution is -2.44. The summed E-state index contributed by atoms with van der Waals surface area (Å²) in [5.41, 5.74) is -0.820. The fourth-order valence-corrected chi connectivity index (χ4v) is 2.70. The first-order chi connectivity index (χ1) is 10.4. The largest absolute Gasteiger partial charge is 0.497 e. The summed E-state index contributed by atoms with van der Waals surface area (Å²) in [6, 6.07) is 7.09. The molecule has 0 radical (unpaired) electrons. The van der Waals surface area contributed by atoms with E-state index in [-0.39, 0.29) is 12.5 Å². The molecule has 1 saturated heterocycles. The number of carbonyl (C=O) groups excluding carboxylic acids is 1. The summed E-state index contributed by atoms with van der Waals surface area (Å²) >= 11 is 0. The molecule has 0 bridgehead atoms. The van der Waals surface area contributed by atoms with Gasteiger partial charge in [-0.05, 0) is 44.8 Å². The number of rotatable bonds is 6. The van der Waals surface area contributed by atoms with E-state index in [9.17, 15) is 9.90 Å². The van der Waals surface area contributed by atoms with Crippen molar-refractivity contribution in [3.63, 3.8) is 0 Å². The molecule has 0 aliphatic carbocycles. The Kier molecular flexibility index (Phi) is 5.26. The van der Waals surface area contributed by atoms with Crippen LogP contribution in [0.3, 0.4) is 0 Å². The number of benzene rings is 1. The third-order valence-electron chi connectivity index (χ3n) is 3.72. The van der Waals surface area contributed by atoms with Crippen LogP contribution in [-0.2, 0) is 4.79 Å². The molecule has 1 amide bonds. The maximum Gasteiger partial charge on any atom is 0.260 e. The minimum absolute atomic E-state index is 0.0234. The van der Waals surface area contributed by atoms with Crippen molar-refractivity contribution < 1.29 is 19.4 Å². The van der Waals surface area contributed by atoms with Gasteiger partial charge in [-0.2, -0.15) is 0 Å². The van der Waals surface area contributed by atoms with Gasteiger partial charge in [-0.25, -0.2) is 0 Å². The summed E-state index contributed by atoms with van der Waals surface area (Å²) in [7, 11) is 5.42. The second-order valence-corrected chi connectivity index (χ2v) is 5.99. The Labute approximate surface area is 131 Å². The monoisotopic (exact) mass is 308 g/mol. The minimum atomic E-state index is -0.820. The van der Waals surface area contributed by atoms with Crippen molar-refractivity contribution in [3.8, 4) is 11.5 Å². The molecule has 1 fully saturated rings. The van der Waals surface area contributed by atoms with Crippen molar-refractivity contribution in [3.05, 3.63) is 24.3 Å². The van der Waals surface area contributed by atoms with Crippen LogP contribution in [0.15, 0.2) is 24.3 Å². The van der Waals surface area contributed by atoms with Gasteiger partial charge >= 0.3 is 0 Å². The van der Waals surface area contributed by atoms with Gasteiger partial charge in [-0.3, -0.25) is 4.79 Å². The lowest BCUT2D eigenvalue weighted by molar-refractivity contribution is -0.133. The quantitative estimate of drug-likeness (QED) is 0.834. The van der Waals surface area contributed by atoms with Crippen molar-refractivity contribution in [2.75, 3.05) is 47.4 Å². The summed E-state index contributed by atoms with van der Waals surface area (Å²) in [5.74, 6) is 1.26. The minimum Gasteiger partial charge on any atom is -0.497 e. The molecular weight excluding hydrogens is 284 g/mol. The molecule has 0 unspecified atom stereocenters.